The number of aryl methyl sites for hydroxylation is 1. The number of thiazole rings is 1. The normalized spacial score (nSPS) is 23.3. The van der Waals surface area contributed by atoms with Crippen LogP contribution in [-0.4, -0.2) is 89.2 Å². The first-order valence-electron chi connectivity index (χ1n) is 17.5. The Labute approximate surface area is 314 Å². The van der Waals surface area contributed by atoms with Gasteiger partial charge in [0.2, 0.25) is 21.8 Å². The summed E-state index contributed by atoms with van der Waals surface area (Å²) in [6, 6.07) is 2.55. The van der Waals surface area contributed by atoms with Crippen molar-refractivity contribution in [2.75, 3.05) is 11.9 Å². The molecule has 0 radical (unpaired) electrons. The predicted molar refractivity (Wildman–Crippen MR) is 200 cm³/mol. The highest BCUT2D eigenvalue weighted by Gasteiger charge is 2.62. The van der Waals surface area contributed by atoms with Crippen LogP contribution < -0.4 is 26.0 Å². The number of carbonyl (C=O) groups excluding carboxylic acids is 5. The molecule has 2 aliphatic carbocycles. The summed E-state index contributed by atoms with van der Waals surface area (Å²) in [5, 5.41) is 12.9. The molecule has 6 amide bonds. The maximum atomic E-state index is 14.4. The largest absolute Gasteiger partial charge is 0.444 e. The van der Waals surface area contributed by atoms with Gasteiger partial charge in [-0.3, -0.25) is 24.4 Å². The van der Waals surface area contributed by atoms with Crippen molar-refractivity contribution in [3.8, 4) is 10.6 Å². The molecular weight excluding hydrogens is 723 g/mol. The van der Waals surface area contributed by atoms with Gasteiger partial charge < -0.3 is 25.6 Å². The van der Waals surface area contributed by atoms with Gasteiger partial charge in [0.25, 0.3) is 5.91 Å². The maximum absolute atomic E-state index is 14.4. The third-order valence-corrected chi connectivity index (χ3v) is 11.9. The van der Waals surface area contributed by atoms with Gasteiger partial charge in [-0.05, 0) is 70.1 Å². The molecule has 5 rings (SSSR count). The fraction of sp³-hybridized carbons (Fsp3) is 0.556. The average molecular weight is 772 g/mol. The Bertz CT molecular complexity index is 1880. The zero-order valence-corrected chi connectivity index (χ0v) is 32.7. The number of amides is 6. The van der Waals surface area contributed by atoms with Gasteiger partial charge in [-0.2, -0.15) is 0 Å². The van der Waals surface area contributed by atoms with Crippen LogP contribution in [0.3, 0.4) is 0 Å². The zero-order chi connectivity index (χ0) is 39.1. The molecule has 1 aromatic heterocycles. The monoisotopic (exact) mass is 771 g/mol. The smallest absolute Gasteiger partial charge is 0.411 e. The maximum Gasteiger partial charge on any atom is 0.411 e. The molecule has 2 heterocycles. The van der Waals surface area contributed by atoms with Gasteiger partial charge in [0.1, 0.15) is 28.7 Å². The molecule has 288 valence electrons. The van der Waals surface area contributed by atoms with Crippen LogP contribution in [0, 0.1) is 18.3 Å². The lowest BCUT2D eigenvalue weighted by atomic mass is 9.85. The lowest BCUT2D eigenvalue weighted by Crippen LogP contribution is -2.61. The van der Waals surface area contributed by atoms with E-state index in [9.17, 15) is 32.4 Å². The molecular formula is C36H49N7O8S2. The summed E-state index contributed by atoms with van der Waals surface area (Å²) in [5.74, 6) is -2.79. The number of nitrogens with zero attached hydrogens (tertiary/aromatic N) is 2. The molecule has 3 aliphatic rings. The summed E-state index contributed by atoms with van der Waals surface area (Å²) in [5.41, 5.74) is -1.01. The Balaban J connectivity index is 1.40. The molecule has 5 unspecified atom stereocenters. The highest BCUT2D eigenvalue weighted by Crippen LogP contribution is 2.45. The molecule has 53 heavy (non-hydrogen) atoms. The molecule has 3 fully saturated rings. The van der Waals surface area contributed by atoms with Gasteiger partial charge >= 0.3 is 12.1 Å². The summed E-state index contributed by atoms with van der Waals surface area (Å²) < 4.78 is 33.3. The fourth-order valence-electron chi connectivity index (χ4n) is 6.31. The standard InChI is InChI=1S/C36H49N7O8S2/c1-9-21-18-36(21,31(46)42-53(49,50)23-11-12-23)40-28(44)26-17-22(19-43(26)30(45)27(34(3,4)5)39-32(47)41-35(6,7)8)51-33(48)38-25-16-20(2)10-13-24(25)29-37-14-15-52-29/h9-10,13-16,21-23,26-27H,1,11-12,17-19H2,2-8H3,(H,38,48)(H,40,44)(H,42,46)(H2,39,41,47). The first kappa shape index (κ1) is 39.7. The summed E-state index contributed by atoms with van der Waals surface area (Å²) in [6.07, 6.45) is 2.17. The molecule has 1 aromatic carbocycles. The van der Waals surface area contributed by atoms with Crippen molar-refractivity contribution in [2.24, 2.45) is 11.3 Å². The van der Waals surface area contributed by atoms with Crippen molar-refractivity contribution in [3.05, 3.63) is 48.0 Å². The second kappa shape index (κ2) is 14.7. The van der Waals surface area contributed by atoms with E-state index < -0.39 is 85.7 Å². The van der Waals surface area contributed by atoms with E-state index in [2.05, 4.69) is 37.6 Å². The number of ether oxygens (including phenoxy) is 1. The number of hydrogen-bond acceptors (Lipinski definition) is 10. The molecule has 17 heteroatoms. The number of aromatic nitrogens is 1. The van der Waals surface area contributed by atoms with Crippen LogP contribution in [-0.2, 0) is 29.1 Å². The zero-order valence-electron chi connectivity index (χ0n) is 31.1. The first-order chi connectivity index (χ1) is 24.6. The van der Waals surface area contributed by atoms with Crippen molar-refractivity contribution in [2.45, 2.75) is 109 Å². The van der Waals surface area contributed by atoms with E-state index in [4.69, 9.17) is 4.74 Å². The first-order valence-corrected chi connectivity index (χ1v) is 19.9. The summed E-state index contributed by atoms with van der Waals surface area (Å²) in [4.78, 5) is 74.0. The Morgan fingerprint density at radius 2 is 1.81 bits per heavy atom. The van der Waals surface area contributed by atoms with Crippen LogP contribution in [0.25, 0.3) is 10.6 Å². The minimum absolute atomic E-state index is 0.105. The minimum Gasteiger partial charge on any atom is -0.444 e. The second-order valence-electron chi connectivity index (χ2n) is 16.1. The second-order valence-corrected chi connectivity index (χ2v) is 19.0. The molecule has 2 saturated carbocycles. The summed E-state index contributed by atoms with van der Waals surface area (Å²) >= 11 is 1.40. The van der Waals surface area contributed by atoms with Crippen LogP contribution in [0.4, 0.5) is 15.3 Å². The number of anilines is 1. The Hall–Kier alpha value is -4.51. The number of likely N-dealkylation sites (tertiary alicyclic amines) is 1. The summed E-state index contributed by atoms with van der Waals surface area (Å²) in [6.45, 7) is 16.1. The van der Waals surface area contributed by atoms with Crippen LogP contribution >= 0.6 is 11.3 Å². The van der Waals surface area contributed by atoms with Gasteiger partial charge in [-0.1, -0.05) is 32.9 Å². The highest BCUT2D eigenvalue weighted by molar-refractivity contribution is 7.91. The molecule has 0 spiro atoms. The van der Waals surface area contributed by atoms with E-state index in [1.807, 2.05) is 24.4 Å². The number of hydrogen-bond donors (Lipinski definition) is 5. The molecule has 2 aromatic rings. The molecule has 5 atom stereocenters. The molecule has 15 nitrogen and oxygen atoms in total. The molecule has 1 saturated heterocycles. The third-order valence-electron chi connectivity index (χ3n) is 9.32. The van der Waals surface area contributed by atoms with Crippen molar-refractivity contribution >= 4 is 56.9 Å². The van der Waals surface area contributed by atoms with Crippen LogP contribution in [0.1, 0.15) is 72.8 Å². The minimum atomic E-state index is -3.92. The van der Waals surface area contributed by atoms with E-state index in [1.165, 1.54) is 22.3 Å². The van der Waals surface area contributed by atoms with Gasteiger partial charge in [0, 0.05) is 35.0 Å². The topological polar surface area (TPSA) is 205 Å². The Morgan fingerprint density at radius 1 is 1.11 bits per heavy atom. The Morgan fingerprint density at radius 3 is 2.38 bits per heavy atom. The SMILES string of the molecule is C=CC1CC1(NC(=O)C1CC(OC(=O)Nc2cc(C)ccc2-c2nccs2)CN1C(=O)C(NC(=O)NC(C)(C)C)C(C)(C)C)C(=O)NS(=O)(=O)C1CC1. The number of carbonyl (C=O) groups is 5. The number of nitrogens with one attached hydrogen (secondary N) is 5. The third kappa shape index (κ3) is 9.36. The van der Waals surface area contributed by atoms with Crippen LogP contribution in [0.5, 0.6) is 0 Å². The predicted octanol–water partition coefficient (Wildman–Crippen LogP) is 3.82. The van der Waals surface area contributed by atoms with E-state index in [1.54, 1.807) is 53.8 Å². The van der Waals surface area contributed by atoms with E-state index >= 15 is 0 Å². The van der Waals surface area contributed by atoms with Gasteiger partial charge in [-0.25, -0.2) is 23.0 Å². The van der Waals surface area contributed by atoms with Crippen LogP contribution in [0.15, 0.2) is 42.4 Å². The fourth-order valence-corrected chi connectivity index (χ4v) is 8.35. The lowest BCUT2D eigenvalue weighted by Gasteiger charge is -2.36. The quantitative estimate of drug-likeness (QED) is 0.211. The van der Waals surface area contributed by atoms with Crippen molar-refractivity contribution in [1.29, 1.82) is 0 Å². The van der Waals surface area contributed by atoms with Gasteiger partial charge in [-0.15, -0.1) is 17.9 Å². The highest BCUT2D eigenvalue weighted by atomic mass is 32.2. The van der Waals surface area contributed by atoms with Crippen molar-refractivity contribution in [3.63, 3.8) is 0 Å². The Kier molecular flexibility index (Phi) is 11.0. The number of benzene rings is 1. The van der Waals surface area contributed by atoms with E-state index in [-0.39, 0.29) is 19.4 Å². The van der Waals surface area contributed by atoms with Crippen molar-refractivity contribution in [1.82, 2.24) is 30.6 Å². The van der Waals surface area contributed by atoms with E-state index in [0.717, 1.165) is 5.56 Å². The number of urea groups is 1. The van der Waals surface area contributed by atoms with Crippen molar-refractivity contribution < 1.29 is 37.1 Å². The number of sulfonamides is 1. The van der Waals surface area contributed by atoms with Gasteiger partial charge in [0.05, 0.1) is 17.5 Å². The number of rotatable bonds is 11. The molecule has 0 bridgehead atoms. The lowest BCUT2D eigenvalue weighted by molar-refractivity contribution is -0.142. The van der Waals surface area contributed by atoms with Gasteiger partial charge in [0.15, 0.2) is 0 Å². The summed E-state index contributed by atoms with van der Waals surface area (Å²) in [7, 11) is -3.92. The van der Waals surface area contributed by atoms with E-state index in [0.29, 0.717) is 29.1 Å². The average Bonchev–Trinajstić information content (AvgIpc) is 3.91. The molecule has 5 N–H and O–H groups in total. The van der Waals surface area contributed by atoms with Crippen LogP contribution in [0.2, 0.25) is 0 Å². The molecule has 1 aliphatic heterocycles.